The number of hydrogen-bond donors (Lipinski definition) is 0. The van der Waals surface area contributed by atoms with Crippen molar-refractivity contribution in [3.05, 3.63) is 56.1 Å². The van der Waals surface area contributed by atoms with Gasteiger partial charge in [0.1, 0.15) is 0 Å². The van der Waals surface area contributed by atoms with Crippen LogP contribution in [0.3, 0.4) is 0 Å². The quantitative estimate of drug-likeness (QED) is 0.411. The maximum Gasteiger partial charge on any atom is 0.261 e. The lowest BCUT2D eigenvalue weighted by molar-refractivity contribution is 0.0985. The molecule has 7 heteroatoms. The Kier molecular flexibility index (Phi) is 6.73. The minimum atomic E-state index is -0.0124. The molecule has 2 aromatic carbocycles. The third-order valence-electron chi connectivity index (χ3n) is 4.21. The van der Waals surface area contributed by atoms with Gasteiger partial charge in [0, 0.05) is 15.1 Å². The standard InChI is InChI=1S/C20H21ClIN3OS/c1-13-11-14(21)12-17-18(13)23-20(27-17)25(10-6-9-24(2)3)19(26)15-7-4-5-8-16(15)22/h4-5,7-8,11-12H,6,9-10H2,1-3H3. The number of halogens is 2. The number of aromatic nitrogens is 1. The van der Waals surface area contributed by atoms with Crippen LogP contribution in [0.1, 0.15) is 22.3 Å². The highest BCUT2D eigenvalue weighted by Gasteiger charge is 2.23. The molecule has 0 saturated carbocycles. The maximum absolute atomic E-state index is 13.3. The van der Waals surface area contributed by atoms with E-state index in [0.29, 0.717) is 17.1 Å². The maximum atomic E-state index is 13.3. The summed E-state index contributed by atoms with van der Waals surface area (Å²) in [5, 5.41) is 1.41. The van der Waals surface area contributed by atoms with E-state index >= 15 is 0 Å². The zero-order chi connectivity index (χ0) is 19.6. The second kappa shape index (κ2) is 8.86. The zero-order valence-electron chi connectivity index (χ0n) is 15.5. The van der Waals surface area contributed by atoms with Gasteiger partial charge >= 0.3 is 0 Å². The van der Waals surface area contributed by atoms with Crippen molar-refractivity contribution in [1.29, 1.82) is 0 Å². The molecule has 0 atom stereocenters. The SMILES string of the molecule is Cc1cc(Cl)cc2sc(N(CCCN(C)C)C(=O)c3ccccc3I)nc12. The Balaban J connectivity index is 2.00. The summed E-state index contributed by atoms with van der Waals surface area (Å²) in [5.41, 5.74) is 2.64. The lowest BCUT2D eigenvalue weighted by Crippen LogP contribution is -2.33. The van der Waals surface area contributed by atoms with Gasteiger partial charge in [0.2, 0.25) is 0 Å². The number of benzene rings is 2. The van der Waals surface area contributed by atoms with Crippen LogP contribution in [0.25, 0.3) is 10.2 Å². The van der Waals surface area contributed by atoms with Gasteiger partial charge in [0.25, 0.3) is 5.91 Å². The molecule has 3 rings (SSSR count). The van der Waals surface area contributed by atoms with Crippen LogP contribution in [-0.2, 0) is 0 Å². The molecule has 0 aliphatic carbocycles. The molecule has 0 bridgehead atoms. The second-order valence-corrected chi connectivity index (χ2v) is 9.27. The Hall–Kier alpha value is -1.22. The molecule has 3 aromatic rings. The number of amides is 1. The molecule has 0 aliphatic heterocycles. The van der Waals surface area contributed by atoms with Gasteiger partial charge in [-0.1, -0.05) is 35.1 Å². The number of thiazole rings is 1. The van der Waals surface area contributed by atoms with Gasteiger partial charge in [-0.3, -0.25) is 9.69 Å². The summed E-state index contributed by atoms with van der Waals surface area (Å²) in [6, 6.07) is 11.5. The second-order valence-electron chi connectivity index (χ2n) is 6.66. The summed E-state index contributed by atoms with van der Waals surface area (Å²) >= 11 is 9.93. The summed E-state index contributed by atoms with van der Waals surface area (Å²) in [6.07, 6.45) is 0.873. The first-order valence-corrected chi connectivity index (χ1v) is 10.9. The number of anilines is 1. The monoisotopic (exact) mass is 513 g/mol. The molecule has 1 aromatic heterocycles. The van der Waals surface area contributed by atoms with Crippen LogP contribution in [-0.4, -0.2) is 43.0 Å². The fourth-order valence-electron chi connectivity index (χ4n) is 2.87. The number of fused-ring (bicyclic) bond motifs is 1. The predicted octanol–water partition coefficient (Wildman–Crippen LogP) is 5.46. The van der Waals surface area contributed by atoms with Crippen LogP contribution in [0.5, 0.6) is 0 Å². The van der Waals surface area contributed by atoms with E-state index in [1.165, 1.54) is 11.3 Å². The van der Waals surface area contributed by atoms with Crippen molar-refractivity contribution in [2.45, 2.75) is 13.3 Å². The fourth-order valence-corrected chi connectivity index (χ4v) is 4.93. The van der Waals surface area contributed by atoms with Crippen LogP contribution in [0, 0.1) is 10.5 Å². The molecule has 142 valence electrons. The molecule has 0 spiro atoms. The molecule has 0 aliphatic rings. The van der Waals surface area contributed by atoms with Crippen LogP contribution in [0.15, 0.2) is 36.4 Å². The Bertz CT molecular complexity index is 973. The van der Waals surface area contributed by atoms with Crippen molar-refractivity contribution < 1.29 is 4.79 Å². The molecule has 27 heavy (non-hydrogen) atoms. The van der Waals surface area contributed by atoms with Gasteiger partial charge in [-0.25, -0.2) is 4.98 Å². The van der Waals surface area contributed by atoms with Crippen LogP contribution < -0.4 is 4.90 Å². The molecular weight excluding hydrogens is 493 g/mol. The zero-order valence-corrected chi connectivity index (χ0v) is 19.2. The first kappa shape index (κ1) is 20.5. The Morgan fingerprint density at radius 3 is 2.67 bits per heavy atom. The van der Waals surface area contributed by atoms with Crippen molar-refractivity contribution in [2.24, 2.45) is 0 Å². The van der Waals surface area contributed by atoms with Gasteiger partial charge in [-0.15, -0.1) is 0 Å². The summed E-state index contributed by atoms with van der Waals surface area (Å²) < 4.78 is 1.95. The van der Waals surface area contributed by atoms with Gasteiger partial charge in [0.15, 0.2) is 5.13 Å². The third kappa shape index (κ3) is 4.80. The van der Waals surface area contributed by atoms with E-state index in [4.69, 9.17) is 16.6 Å². The molecular formula is C20H21ClIN3OS. The average Bonchev–Trinajstić information content (AvgIpc) is 3.02. The third-order valence-corrected chi connectivity index (χ3v) is 6.39. The van der Waals surface area contributed by atoms with Crippen LogP contribution in [0.2, 0.25) is 5.02 Å². The molecule has 1 amide bonds. The van der Waals surface area contributed by atoms with E-state index in [1.54, 1.807) is 4.90 Å². The topological polar surface area (TPSA) is 36.4 Å². The van der Waals surface area contributed by atoms with E-state index in [1.807, 2.05) is 57.4 Å². The van der Waals surface area contributed by atoms with E-state index < -0.39 is 0 Å². The van der Waals surface area contributed by atoms with Crippen molar-refractivity contribution in [1.82, 2.24) is 9.88 Å². The predicted molar refractivity (Wildman–Crippen MR) is 123 cm³/mol. The first-order chi connectivity index (χ1) is 12.9. The fraction of sp³-hybridized carbons (Fsp3) is 0.300. The van der Waals surface area contributed by atoms with E-state index in [0.717, 1.165) is 37.4 Å². The van der Waals surface area contributed by atoms with E-state index in [2.05, 4.69) is 27.5 Å². The molecule has 1 heterocycles. The van der Waals surface area contributed by atoms with Gasteiger partial charge in [-0.05, 0) is 86.4 Å². The molecule has 4 nitrogen and oxygen atoms in total. The molecule has 0 N–H and O–H groups in total. The molecule has 0 saturated heterocycles. The average molecular weight is 514 g/mol. The van der Waals surface area contributed by atoms with Crippen molar-refractivity contribution in [3.8, 4) is 0 Å². The normalized spacial score (nSPS) is 11.3. The molecule has 0 unspecified atom stereocenters. The Morgan fingerprint density at radius 2 is 1.96 bits per heavy atom. The Labute approximate surface area is 182 Å². The highest BCUT2D eigenvalue weighted by Crippen LogP contribution is 2.34. The highest BCUT2D eigenvalue weighted by molar-refractivity contribution is 14.1. The van der Waals surface area contributed by atoms with Gasteiger partial charge < -0.3 is 4.90 Å². The van der Waals surface area contributed by atoms with Crippen molar-refractivity contribution in [2.75, 3.05) is 32.1 Å². The summed E-state index contributed by atoms with van der Waals surface area (Å²) in [6.45, 7) is 3.52. The lowest BCUT2D eigenvalue weighted by Gasteiger charge is -2.21. The largest absolute Gasteiger partial charge is 0.309 e. The van der Waals surface area contributed by atoms with Crippen LogP contribution >= 0.6 is 45.5 Å². The van der Waals surface area contributed by atoms with Gasteiger partial charge in [0.05, 0.1) is 15.8 Å². The van der Waals surface area contributed by atoms with E-state index in [9.17, 15) is 4.79 Å². The number of aryl methyl sites for hydroxylation is 1. The molecule has 0 fully saturated rings. The smallest absolute Gasteiger partial charge is 0.261 e. The highest BCUT2D eigenvalue weighted by atomic mass is 127. The van der Waals surface area contributed by atoms with Gasteiger partial charge in [-0.2, -0.15) is 0 Å². The number of hydrogen-bond acceptors (Lipinski definition) is 4. The minimum Gasteiger partial charge on any atom is -0.309 e. The number of carbonyl (C=O) groups excluding carboxylic acids is 1. The van der Waals surface area contributed by atoms with Crippen LogP contribution in [0.4, 0.5) is 5.13 Å². The summed E-state index contributed by atoms with van der Waals surface area (Å²) in [5.74, 6) is -0.0124. The number of carbonyl (C=O) groups is 1. The van der Waals surface area contributed by atoms with E-state index in [-0.39, 0.29) is 5.91 Å². The first-order valence-electron chi connectivity index (χ1n) is 8.64. The molecule has 0 radical (unpaired) electrons. The number of rotatable bonds is 6. The Morgan fingerprint density at radius 1 is 1.22 bits per heavy atom. The number of nitrogens with zero attached hydrogens (tertiary/aromatic N) is 3. The summed E-state index contributed by atoms with van der Waals surface area (Å²) in [7, 11) is 4.07. The van der Waals surface area contributed by atoms with Crippen molar-refractivity contribution >= 4 is 66.8 Å². The van der Waals surface area contributed by atoms with Crippen molar-refractivity contribution in [3.63, 3.8) is 0 Å². The summed E-state index contributed by atoms with van der Waals surface area (Å²) in [4.78, 5) is 22.0. The lowest BCUT2D eigenvalue weighted by atomic mass is 10.2. The minimum absolute atomic E-state index is 0.0124.